The van der Waals surface area contributed by atoms with Crippen LogP contribution in [0.1, 0.15) is 19.4 Å². The number of aliphatic hydroxyl groups is 1. The number of aliphatic hydroxyl groups excluding tert-OH is 1. The Balaban J connectivity index is 1.86. The summed E-state index contributed by atoms with van der Waals surface area (Å²) in [4.78, 5) is 25.0. The normalized spacial score (nSPS) is 14.5. The van der Waals surface area contributed by atoms with Crippen molar-refractivity contribution in [3.05, 3.63) is 23.8 Å². The smallest absolute Gasteiger partial charge is 0.412 e. The van der Waals surface area contributed by atoms with Crippen molar-refractivity contribution in [2.75, 3.05) is 26.7 Å². The van der Waals surface area contributed by atoms with E-state index in [9.17, 15) is 9.59 Å². The zero-order valence-corrected chi connectivity index (χ0v) is 14.8. The second-order valence-corrected chi connectivity index (χ2v) is 5.81. The topological polar surface area (TPSA) is 121 Å². The summed E-state index contributed by atoms with van der Waals surface area (Å²) < 4.78 is 20.3. The van der Waals surface area contributed by atoms with Gasteiger partial charge in [0.05, 0.1) is 6.61 Å². The minimum Gasteiger partial charge on any atom is -0.454 e. The zero-order chi connectivity index (χ0) is 19.1. The van der Waals surface area contributed by atoms with Crippen LogP contribution in [0, 0.1) is 0 Å². The van der Waals surface area contributed by atoms with Gasteiger partial charge in [-0.2, -0.15) is 0 Å². The van der Waals surface area contributed by atoms with Gasteiger partial charge in [-0.05, 0) is 38.0 Å². The molecule has 0 aliphatic carbocycles. The van der Waals surface area contributed by atoms with Gasteiger partial charge in [-0.3, -0.25) is 4.79 Å². The Morgan fingerprint density at radius 3 is 2.73 bits per heavy atom. The summed E-state index contributed by atoms with van der Waals surface area (Å²) in [6, 6.07) is 4.34. The maximum absolute atomic E-state index is 12.2. The van der Waals surface area contributed by atoms with Gasteiger partial charge in [-0.15, -0.1) is 0 Å². The molecule has 3 N–H and O–H groups in total. The highest BCUT2D eigenvalue weighted by Gasteiger charge is 2.22. The van der Waals surface area contributed by atoms with Crippen molar-refractivity contribution in [1.82, 2.24) is 4.90 Å². The van der Waals surface area contributed by atoms with Crippen LogP contribution >= 0.6 is 0 Å². The number of carbonyl (C=O) groups is 2. The minimum absolute atomic E-state index is 0.150. The molecule has 26 heavy (non-hydrogen) atoms. The molecule has 1 amide bonds. The van der Waals surface area contributed by atoms with Gasteiger partial charge in [0.25, 0.3) is 0 Å². The van der Waals surface area contributed by atoms with E-state index < -0.39 is 31.5 Å². The van der Waals surface area contributed by atoms with Crippen LogP contribution in [0.4, 0.5) is 4.79 Å². The number of amides is 1. The van der Waals surface area contributed by atoms with E-state index in [1.807, 2.05) is 32.0 Å². The van der Waals surface area contributed by atoms with Gasteiger partial charge in [0, 0.05) is 12.6 Å². The van der Waals surface area contributed by atoms with Crippen LogP contribution in [0.15, 0.2) is 18.2 Å². The number of benzene rings is 1. The Hall–Kier alpha value is -2.52. The summed E-state index contributed by atoms with van der Waals surface area (Å²) in [5.41, 5.74) is 6.29. The number of hydrogen-bond donors (Lipinski definition) is 2. The van der Waals surface area contributed by atoms with Crippen molar-refractivity contribution in [2.24, 2.45) is 5.73 Å². The summed E-state index contributed by atoms with van der Waals surface area (Å²) >= 11 is 0. The first kappa shape index (κ1) is 19.8. The van der Waals surface area contributed by atoms with Crippen LogP contribution < -0.4 is 15.2 Å². The SMILES string of the molecule is CCN(C(=O)OCOC(=O)C(N)CO)C(C)Cc1ccc2c(c1)OCO2. The summed E-state index contributed by atoms with van der Waals surface area (Å²) in [5.74, 6) is 0.556. The highest BCUT2D eigenvalue weighted by molar-refractivity contribution is 5.75. The monoisotopic (exact) mass is 368 g/mol. The number of nitrogens with two attached hydrogens (primary N) is 1. The van der Waals surface area contributed by atoms with Crippen LogP contribution in [-0.4, -0.2) is 60.9 Å². The van der Waals surface area contributed by atoms with E-state index in [0.717, 1.165) is 5.56 Å². The predicted octanol–water partition coefficient (Wildman–Crippen LogP) is 0.625. The summed E-state index contributed by atoms with van der Waals surface area (Å²) in [6.07, 6.45) is -0.0134. The molecule has 0 saturated carbocycles. The Morgan fingerprint density at radius 2 is 2.04 bits per heavy atom. The second-order valence-electron chi connectivity index (χ2n) is 5.81. The van der Waals surface area contributed by atoms with Crippen molar-refractivity contribution < 1.29 is 33.6 Å². The van der Waals surface area contributed by atoms with Crippen molar-refractivity contribution in [2.45, 2.75) is 32.4 Å². The molecule has 2 unspecified atom stereocenters. The molecule has 1 heterocycles. The molecule has 9 nitrogen and oxygen atoms in total. The number of ether oxygens (including phenoxy) is 4. The van der Waals surface area contributed by atoms with E-state index in [0.29, 0.717) is 24.5 Å². The van der Waals surface area contributed by atoms with E-state index in [1.54, 1.807) is 0 Å². The Kier molecular flexibility index (Phi) is 7.05. The van der Waals surface area contributed by atoms with Crippen molar-refractivity contribution >= 4 is 12.1 Å². The van der Waals surface area contributed by atoms with Gasteiger partial charge in [0.1, 0.15) is 6.04 Å². The van der Waals surface area contributed by atoms with E-state index in [1.165, 1.54) is 4.90 Å². The number of fused-ring (bicyclic) bond motifs is 1. The lowest BCUT2D eigenvalue weighted by Gasteiger charge is -2.27. The Bertz CT molecular complexity index is 638. The van der Waals surface area contributed by atoms with Crippen molar-refractivity contribution in [1.29, 1.82) is 0 Å². The first-order valence-corrected chi connectivity index (χ1v) is 8.31. The van der Waals surface area contributed by atoms with E-state index in [-0.39, 0.29) is 12.8 Å². The molecule has 0 spiro atoms. The lowest BCUT2D eigenvalue weighted by molar-refractivity contribution is -0.155. The van der Waals surface area contributed by atoms with Gasteiger partial charge in [-0.25, -0.2) is 4.79 Å². The third-order valence-electron chi connectivity index (χ3n) is 3.96. The zero-order valence-electron chi connectivity index (χ0n) is 14.8. The summed E-state index contributed by atoms with van der Waals surface area (Å²) in [6.45, 7) is 3.25. The number of likely N-dealkylation sites (N-methyl/N-ethyl adjacent to an activating group) is 1. The molecule has 1 aromatic rings. The Morgan fingerprint density at radius 1 is 1.31 bits per heavy atom. The molecule has 0 aromatic heterocycles. The molecule has 0 bridgehead atoms. The fourth-order valence-corrected chi connectivity index (χ4v) is 2.54. The largest absolute Gasteiger partial charge is 0.454 e. The van der Waals surface area contributed by atoms with Crippen LogP contribution in [0.3, 0.4) is 0 Å². The minimum atomic E-state index is -1.15. The third kappa shape index (κ3) is 4.99. The summed E-state index contributed by atoms with van der Waals surface area (Å²) in [7, 11) is 0. The molecule has 2 rings (SSSR count). The number of hydrogen-bond acceptors (Lipinski definition) is 8. The molecular weight excluding hydrogens is 344 g/mol. The lowest BCUT2D eigenvalue weighted by Crippen LogP contribution is -2.41. The van der Waals surface area contributed by atoms with E-state index in [2.05, 4.69) is 4.74 Å². The Labute approximate surface area is 151 Å². The van der Waals surface area contributed by atoms with Crippen molar-refractivity contribution in [3.8, 4) is 11.5 Å². The van der Waals surface area contributed by atoms with Gasteiger partial charge in [0.2, 0.25) is 13.6 Å². The van der Waals surface area contributed by atoms with Crippen molar-refractivity contribution in [3.63, 3.8) is 0 Å². The van der Waals surface area contributed by atoms with E-state index in [4.69, 9.17) is 25.1 Å². The predicted molar refractivity (Wildman–Crippen MR) is 90.6 cm³/mol. The molecule has 1 aliphatic rings. The van der Waals surface area contributed by atoms with Crippen LogP contribution in [0.5, 0.6) is 11.5 Å². The molecule has 144 valence electrons. The van der Waals surface area contributed by atoms with Gasteiger partial charge < -0.3 is 34.7 Å². The van der Waals surface area contributed by atoms with Crippen LogP contribution in [0.25, 0.3) is 0 Å². The standard InChI is InChI=1S/C17H24N2O7/c1-3-19(17(22)26-10-25-16(21)13(18)8-20)11(2)6-12-4-5-14-15(7-12)24-9-23-14/h4-5,7,11,13,20H,3,6,8-10,18H2,1-2H3. The summed E-state index contributed by atoms with van der Waals surface area (Å²) in [5, 5.41) is 8.75. The average molecular weight is 368 g/mol. The molecule has 1 aromatic carbocycles. The first-order chi connectivity index (χ1) is 12.5. The lowest BCUT2D eigenvalue weighted by atomic mass is 10.1. The molecular formula is C17H24N2O7. The molecule has 9 heteroatoms. The maximum Gasteiger partial charge on any atom is 0.412 e. The third-order valence-corrected chi connectivity index (χ3v) is 3.96. The molecule has 0 radical (unpaired) electrons. The highest BCUT2D eigenvalue weighted by atomic mass is 16.7. The first-order valence-electron chi connectivity index (χ1n) is 8.31. The van der Waals surface area contributed by atoms with Crippen LogP contribution in [-0.2, 0) is 20.7 Å². The van der Waals surface area contributed by atoms with Gasteiger partial charge in [-0.1, -0.05) is 6.07 Å². The second kappa shape index (κ2) is 9.25. The maximum atomic E-state index is 12.2. The fraction of sp³-hybridized carbons (Fsp3) is 0.529. The number of carbonyl (C=O) groups excluding carboxylic acids is 2. The fourth-order valence-electron chi connectivity index (χ4n) is 2.54. The molecule has 1 aliphatic heterocycles. The molecule has 0 fully saturated rings. The van der Waals surface area contributed by atoms with Gasteiger partial charge in [0.15, 0.2) is 11.5 Å². The van der Waals surface area contributed by atoms with Crippen LogP contribution in [0.2, 0.25) is 0 Å². The quantitative estimate of drug-likeness (QED) is 0.506. The number of rotatable bonds is 8. The average Bonchev–Trinajstić information content (AvgIpc) is 3.09. The molecule has 2 atom stereocenters. The van der Waals surface area contributed by atoms with E-state index >= 15 is 0 Å². The number of nitrogens with zero attached hydrogens (tertiary/aromatic N) is 1. The molecule has 0 saturated heterocycles. The number of esters is 1. The highest BCUT2D eigenvalue weighted by Crippen LogP contribution is 2.33. The van der Waals surface area contributed by atoms with Gasteiger partial charge >= 0.3 is 12.1 Å².